The maximum Gasteiger partial charge on any atom is 0.251 e. The van der Waals surface area contributed by atoms with E-state index in [0.717, 1.165) is 32.7 Å². The van der Waals surface area contributed by atoms with E-state index in [1.807, 2.05) is 18.2 Å². The van der Waals surface area contributed by atoms with Gasteiger partial charge in [-0.3, -0.25) is 19.4 Å². The van der Waals surface area contributed by atoms with Crippen LogP contribution in [0.4, 0.5) is 5.69 Å². The maximum absolute atomic E-state index is 13.0. The van der Waals surface area contributed by atoms with Crippen molar-refractivity contribution in [1.29, 1.82) is 0 Å². The van der Waals surface area contributed by atoms with Crippen LogP contribution in [0.25, 0.3) is 0 Å². The van der Waals surface area contributed by atoms with Crippen molar-refractivity contribution in [1.82, 2.24) is 9.80 Å². The van der Waals surface area contributed by atoms with E-state index in [4.69, 9.17) is 23.2 Å². The van der Waals surface area contributed by atoms with Gasteiger partial charge in [0.05, 0.1) is 23.2 Å². The molecule has 146 valence electrons. The van der Waals surface area contributed by atoms with E-state index in [0.29, 0.717) is 15.7 Å². The number of imide groups is 1. The molecule has 0 N–H and O–H groups in total. The average molecular weight is 418 g/mol. The highest BCUT2D eigenvalue weighted by Crippen LogP contribution is 2.33. The molecule has 2 aliphatic heterocycles. The third kappa shape index (κ3) is 3.94. The molecule has 2 amide bonds. The molecule has 0 saturated carbocycles. The number of halogens is 2. The molecule has 2 aromatic carbocycles. The molecule has 28 heavy (non-hydrogen) atoms. The third-order valence-corrected chi connectivity index (χ3v) is 5.91. The fraction of sp³-hybridized carbons (Fsp3) is 0.333. The van der Waals surface area contributed by atoms with Crippen molar-refractivity contribution < 1.29 is 9.59 Å². The Labute approximate surface area is 174 Å². The summed E-state index contributed by atoms with van der Waals surface area (Å²) in [5, 5.41) is 0.779. The van der Waals surface area contributed by atoms with Gasteiger partial charge in [0.1, 0.15) is 0 Å². The Balaban J connectivity index is 1.41. The first-order valence-corrected chi connectivity index (χ1v) is 10.1. The second-order valence-corrected chi connectivity index (χ2v) is 8.02. The topological polar surface area (TPSA) is 43.9 Å². The summed E-state index contributed by atoms with van der Waals surface area (Å²) in [6.07, 6.45) is 0.191. The van der Waals surface area contributed by atoms with Crippen LogP contribution in [0.2, 0.25) is 10.0 Å². The van der Waals surface area contributed by atoms with Gasteiger partial charge in [0, 0.05) is 37.7 Å². The Morgan fingerprint density at radius 2 is 1.64 bits per heavy atom. The molecule has 0 bridgehead atoms. The number of amides is 2. The molecule has 0 aromatic heterocycles. The standard InChI is InChI=1S/C21H21Cl2N3O2/c22-16-6-7-18(17(23)12-16)26-20(27)13-19(21(26)28)25-10-8-24(9-11-25)14-15-4-2-1-3-5-15/h1-7,12,19H,8-11,13-14H2. The lowest BCUT2D eigenvalue weighted by Crippen LogP contribution is -2.52. The van der Waals surface area contributed by atoms with Crippen LogP contribution in [-0.4, -0.2) is 53.8 Å². The minimum absolute atomic E-state index is 0.191. The van der Waals surface area contributed by atoms with Crippen molar-refractivity contribution in [3.05, 3.63) is 64.1 Å². The molecule has 1 atom stereocenters. The molecular weight excluding hydrogens is 397 g/mol. The van der Waals surface area contributed by atoms with Gasteiger partial charge < -0.3 is 0 Å². The van der Waals surface area contributed by atoms with Crippen LogP contribution >= 0.6 is 23.2 Å². The minimum atomic E-state index is -0.418. The fourth-order valence-electron chi connectivity index (χ4n) is 3.89. The molecular formula is C21H21Cl2N3O2. The zero-order valence-corrected chi connectivity index (χ0v) is 16.9. The maximum atomic E-state index is 13.0. The van der Waals surface area contributed by atoms with Gasteiger partial charge in [-0.2, -0.15) is 0 Å². The number of piperazine rings is 1. The number of hydrogen-bond acceptors (Lipinski definition) is 4. The molecule has 2 heterocycles. The van der Waals surface area contributed by atoms with Gasteiger partial charge in [-0.1, -0.05) is 53.5 Å². The molecule has 2 saturated heterocycles. The van der Waals surface area contributed by atoms with Gasteiger partial charge in [-0.15, -0.1) is 0 Å². The normalized spacial score (nSPS) is 21.5. The average Bonchev–Trinajstić information content (AvgIpc) is 2.98. The summed E-state index contributed by atoms with van der Waals surface area (Å²) in [7, 11) is 0. The van der Waals surface area contributed by atoms with E-state index in [1.54, 1.807) is 18.2 Å². The largest absolute Gasteiger partial charge is 0.297 e. The van der Waals surface area contributed by atoms with Crippen molar-refractivity contribution >= 4 is 40.7 Å². The predicted molar refractivity (Wildman–Crippen MR) is 111 cm³/mol. The van der Waals surface area contributed by atoms with E-state index in [2.05, 4.69) is 21.9 Å². The molecule has 0 spiro atoms. The summed E-state index contributed by atoms with van der Waals surface area (Å²) in [4.78, 5) is 31.2. The highest BCUT2D eigenvalue weighted by molar-refractivity contribution is 6.38. The van der Waals surface area contributed by atoms with E-state index < -0.39 is 6.04 Å². The van der Waals surface area contributed by atoms with E-state index in [9.17, 15) is 9.59 Å². The molecule has 2 fully saturated rings. The number of carbonyl (C=O) groups is 2. The Hall–Kier alpha value is -1.92. The number of hydrogen-bond donors (Lipinski definition) is 0. The fourth-order valence-corrected chi connectivity index (χ4v) is 4.38. The highest BCUT2D eigenvalue weighted by Gasteiger charge is 2.43. The lowest BCUT2D eigenvalue weighted by atomic mass is 10.1. The number of carbonyl (C=O) groups excluding carboxylic acids is 2. The molecule has 2 aliphatic rings. The first-order chi connectivity index (χ1) is 13.5. The molecule has 0 aliphatic carbocycles. The zero-order valence-electron chi connectivity index (χ0n) is 15.4. The summed E-state index contributed by atoms with van der Waals surface area (Å²) < 4.78 is 0. The first-order valence-electron chi connectivity index (χ1n) is 9.35. The van der Waals surface area contributed by atoms with Crippen LogP contribution < -0.4 is 4.90 Å². The van der Waals surface area contributed by atoms with Gasteiger partial charge >= 0.3 is 0 Å². The molecule has 2 aromatic rings. The number of anilines is 1. The third-order valence-electron chi connectivity index (χ3n) is 5.37. The summed E-state index contributed by atoms with van der Waals surface area (Å²) in [6.45, 7) is 4.17. The minimum Gasteiger partial charge on any atom is -0.297 e. The molecule has 5 nitrogen and oxygen atoms in total. The summed E-state index contributed by atoms with van der Waals surface area (Å²) in [5.41, 5.74) is 1.69. The van der Waals surface area contributed by atoms with Gasteiger partial charge in [-0.25, -0.2) is 4.90 Å². The smallest absolute Gasteiger partial charge is 0.251 e. The Kier molecular flexibility index (Phi) is 5.69. The van der Waals surface area contributed by atoms with Crippen molar-refractivity contribution in [2.24, 2.45) is 0 Å². The van der Waals surface area contributed by atoms with Crippen LogP contribution in [0.3, 0.4) is 0 Å². The summed E-state index contributed by atoms with van der Waals surface area (Å²) in [6, 6.07) is 14.8. The number of rotatable bonds is 4. The Morgan fingerprint density at radius 1 is 0.929 bits per heavy atom. The van der Waals surface area contributed by atoms with Crippen molar-refractivity contribution in [3.8, 4) is 0 Å². The lowest BCUT2D eigenvalue weighted by molar-refractivity contribution is -0.123. The van der Waals surface area contributed by atoms with Crippen LogP contribution in [0, 0.1) is 0 Å². The predicted octanol–water partition coefficient (Wildman–Crippen LogP) is 3.44. The van der Waals surface area contributed by atoms with Gasteiger partial charge in [0.25, 0.3) is 5.91 Å². The second-order valence-electron chi connectivity index (χ2n) is 7.18. The second kappa shape index (κ2) is 8.21. The highest BCUT2D eigenvalue weighted by atomic mass is 35.5. The van der Waals surface area contributed by atoms with Crippen molar-refractivity contribution in [2.75, 3.05) is 31.1 Å². The Bertz CT molecular complexity index is 882. The zero-order chi connectivity index (χ0) is 19.7. The monoisotopic (exact) mass is 417 g/mol. The number of benzene rings is 2. The molecule has 0 radical (unpaired) electrons. The first kappa shape index (κ1) is 19.4. The van der Waals surface area contributed by atoms with E-state index >= 15 is 0 Å². The Morgan fingerprint density at radius 3 is 2.32 bits per heavy atom. The van der Waals surface area contributed by atoms with Crippen molar-refractivity contribution in [3.63, 3.8) is 0 Å². The van der Waals surface area contributed by atoms with Gasteiger partial charge in [-0.05, 0) is 23.8 Å². The quantitative estimate of drug-likeness (QED) is 0.714. The summed E-state index contributed by atoms with van der Waals surface area (Å²) in [5.74, 6) is -0.420. The van der Waals surface area contributed by atoms with Crippen LogP contribution in [0.5, 0.6) is 0 Å². The molecule has 7 heteroatoms. The number of nitrogens with zero attached hydrogens (tertiary/aromatic N) is 3. The molecule has 1 unspecified atom stereocenters. The van der Waals surface area contributed by atoms with Gasteiger partial charge in [0.2, 0.25) is 5.91 Å². The summed E-state index contributed by atoms with van der Waals surface area (Å²) >= 11 is 12.2. The van der Waals surface area contributed by atoms with Crippen molar-refractivity contribution in [2.45, 2.75) is 19.0 Å². The molecule has 4 rings (SSSR count). The van der Waals surface area contributed by atoms with E-state index in [1.165, 1.54) is 10.5 Å². The van der Waals surface area contributed by atoms with Crippen LogP contribution in [0.15, 0.2) is 48.5 Å². The van der Waals surface area contributed by atoms with Gasteiger partial charge in [0.15, 0.2) is 0 Å². The van der Waals surface area contributed by atoms with Crippen LogP contribution in [-0.2, 0) is 16.1 Å². The lowest BCUT2D eigenvalue weighted by Gasteiger charge is -2.37. The SMILES string of the molecule is O=C1CC(N2CCN(Cc3ccccc3)CC2)C(=O)N1c1ccc(Cl)cc1Cl. The van der Waals surface area contributed by atoms with E-state index in [-0.39, 0.29) is 18.2 Å². The van der Waals surface area contributed by atoms with Crippen LogP contribution in [0.1, 0.15) is 12.0 Å².